The first-order valence-corrected chi connectivity index (χ1v) is 10.0. The predicted octanol–water partition coefficient (Wildman–Crippen LogP) is 3.70. The van der Waals surface area contributed by atoms with E-state index in [1.807, 2.05) is 4.90 Å². The van der Waals surface area contributed by atoms with Gasteiger partial charge in [0, 0.05) is 19.3 Å². The first-order valence-electron chi connectivity index (χ1n) is 7.72. The minimum Gasteiger partial charge on any atom is -0.355 e. The van der Waals surface area contributed by atoms with E-state index in [-0.39, 0.29) is 9.92 Å². The summed E-state index contributed by atoms with van der Waals surface area (Å²) >= 11 is 11.8. The third-order valence-corrected chi connectivity index (χ3v) is 7.31. The summed E-state index contributed by atoms with van der Waals surface area (Å²) in [5.41, 5.74) is 0.494. The van der Waals surface area contributed by atoms with Crippen molar-refractivity contribution in [2.24, 2.45) is 0 Å². The zero-order valence-electron chi connectivity index (χ0n) is 13.2. The maximum absolute atomic E-state index is 12.8. The number of hydrogen-bond donors (Lipinski definition) is 0. The average Bonchev–Trinajstić information content (AvgIpc) is 2.64. The molecule has 0 unspecified atom stereocenters. The van der Waals surface area contributed by atoms with Gasteiger partial charge in [0.1, 0.15) is 11.9 Å². The van der Waals surface area contributed by atoms with E-state index in [1.54, 1.807) is 18.3 Å². The van der Waals surface area contributed by atoms with Gasteiger partial charge < -0.3 is 4.90 Å². The van der Waals surface area contributed by atoms with Crippen molar-refractivity contribution in [2.75, 3.05) is 18.0 Å². The van der Waals surface area contributed by atoms with E-state index in [9.17, 15) is 13.7 Å². The summed E-state index contributed by atoms with van der Waals surface area (Å²) in [6.45, 7) is 1.05. The van der Waals surface area contributed by atoms with Gasteiger partial charge in [0.25, 0.3) is 0 Å². The number of pyridine rings is 1. The summed E-state index contributed by atoms with van der Waals surface area (Å²) in [6, 6.07) is 9.93. The molecular formula is C17H15Cl2N3O2S. The fourth-order valence-corrected chi connectivity index (χ4v) is 5.08. The quantitative estimate of drug-likeness (QED) is 0.791. The van der Waals surface area contributed by atoms with Crippen LogP contribution >= 0.6 is 23.2 Å². The van der Waals surface area contributed by atoms with Crippen LogP contribution < -0.4 is 4.90 Å². The maximum Gasteiger partial charge on any atom is 0.181 e. The number of anilines is 1. The van der Waals surface area contributed by atoms with E-state index in [0.717, 1.165) is 0 Å². The number of piperidine rings is 1. The molecule has 8 heteroatoms. The van der Waals surface area contributed by atoms with Gasteiger partial charge in [-0.05, 0) is 43.2 Å². The smallest absolute Gasteiger partial charge is 0.181 e. The molecule has 0 bridgehead atoms. The van der Waals surface area contributed by atoms with Crippen LogP contribution in [-0.2, 0) is 9.84 Å². The lowest BCUT2D eigenvalue weighted by Gasteiger charge is -2.32. The van der Waals surface area contributed by atoms with Crippen molar-refractivity contribution in [1.29, 1.82) is 5.26 Å². The summed E-state index contributed by atoms with van der Waals surface area (Å²) in [5, 5.41) is 9.26. The van der Waals surface area contributed by atoms with Crippen LogP contribution in [0.25, 0.3) is 0 Å². The lowest BCUT2D eigenvalue weighted by Crippen LogP contribution is -2.40. The van der Waals surface area contributed by atoms with Crippen molar-refractivity contribution in [3.05, 3.63) is 52.1 Å². The Morgan fingerprint density at radius 2 is 1.88 bits per heavy atom. The first kappa shape index (κ1) is 18.0. The monoisotopic (exact) mass is 395 g/mol. The minimum absolute atomic E-state index is 0.191. The highest BCUT2D eigenvalue weighted by Crippen LogP contribution is 2.31. The van der Waals surface area contributed by atoms with Gasteiger partial charge in [0.05, 0.1) is 25.8 Å². The first-order chi connectivity index (χ1) is 11.9. The van der Waals surface area contributed by atoms with E-state index in [0.29, 0.717) is 42.3 Å². The van der Waals surface area contributed by atoms with Crippen LogP contribution in [0.3, 0.4) is 0 Å². The molecule has 3 rings (SSSR count). The summed E-state index contributed by atoms with van der Waals surface area (Å²) < 4.78 is 25.7. The Balaban J connectivity index is 1.77. The molecule has 2 aromatic rings. The molecule has 2 heterocycles. The second-order valence-corrected chi connectivity index (χ2v) is 8.84. The predicted molar refractivity (Wildman–Crippen MR) is 97.8 cm³/mol. The zero-order chi connectivity index (χ0) is 18.0. The highest BCUT2D eigenvalue weighted by atomic mass is 35.5. The van der Waals surface area contributed by atoms with Crippen LogP contribution in [0.15, 0.2) is 41.4 Å². The number of nitrogens with zero attached hydrogens (tertiary/aromatic N) is 3. The molecule has 0 N–H and O–H groups in total. The fourth-order valence-electron chi connectivity index (χ4n) is 2.96. The number of rotatable bonds is 3. The minimum atomic E-state index is -3.48. The molecule has 1 aliphatic heterocycles. The van der Waals surface area contributed by atoms with Crippen LogP contribution in [0.1, 0.15) is 18.4 Å². The van der Waals surface area contributed by atoms with Crippen LogP contribution in [0.2, 0.25) is 10.0 Å². The lowest BCUT2D eigenvalue weighted by atomic mass is 10.1. The summed E-state index contributed by atoms with van der Waals surface area (Å²) in [4.78, 5) is 6.41. The van der Waals surface area contributed by atoms with Crippen molar-refractivity contribution in [3.8, 4) is 6.07 Å². The highest BCUT2D eigenvalue weighted by Gasteiger charge is 2.32. The van der Waals surface area contributed by atoms with E-state index in [1.165, 1.54) is 18.2 Å². The Morgan fingerprint density at radius 3 is 2.52 bits per heavy atom. The molecular weight excluding hydrogens is 381 g/mol. The summed E-state index contributed by atoms with van der Waals surface area (Å²) in [7, 11) is -3.48. The number of sulfone groups is 1. The van der Waals surface area contributed by atoms with Gasteiger partial charge in [-0.25, -0.2) is 13.4 Å². The van der Waals surface area contributed by atoms with E-state index in [4.69, 9.17) is 23.2 Å². The van der Waals surface area contributed by atoms with Gasteiger partial charge in [-0.15, -0.1) is 0 Å². The molecule has 0 aliphatic carbocycles. The molecule has 5 nitrogen and oxygen atoms in total. The number of halogens is 2. The molecule has 0 saturated carbocycles. The third kappa shape index (κ3) is 3.59. The lowest BCUT2D eigenvalue weighted by molar-refractivity contribution is 0.528. The molecule has 1 aliphatic rings. The Kier molecular flexibility index (Phi) is 5.19. The molecule has 1 fully saturated rings. The largest absolute Gasteiger partial charge is 0.355 e. The van der Waals surface area contributed by atoms with Gasteiger partial charge in [-0.2, -0.15) is 5.26 Å². The second-order valence-electron chi connectivity index (χ2n) is 5.79. The van der Waals surface area contributed by atoms with E-state index in [2.05, 4.69) is 11.1 Å². The number of nitriles is 1. The van der Waals surface area contributed by atoms with Crippen molar-refractivity contribution in [1.82, 2.24) is 4.98 Å². The zero-order valence-corrected chi connectivity index (χ0v) is 15.5. The number of hydrogen-bond acceptors (Lipinski definition) is 5. The molecule has 0 radical (unpaired) electrons. The normalized spacial score (nSPS) is 15.8. The van der Waals surface area contributed by atoms with Crippen LogP contribution in [0.5, 0.6) is 0 Å². The van der Waals surface area contributed by atoms with Crippen molar-refractivity contribution < 1.29 is 8.42 Å². The van der Waals surface area contributed by atoms with Gasteiger partial charge in [0.2, 0.25) is 0 Å². The van der Waals surface area contributed by atoms with Crippen molar-refractivity contribution in [3.63, 3.8) is 0 Å². The average molecular weight is 396 g/mol. The van der Waals surface area contributed by atoms with Crippen molar-refractivity contribution >= 4 is 38.9 Å². The summed E-state index contributed by atoms with van der Waals surface area (Å²) in [5.74, 6) is 0.607. The van der Waals surface area contributed by atoms with Crippen LogP contribution in [0, 0.1) is 11.3 Å². The molecule has 0 atom stereocenters. The molecule has 1 aromatic heterocycles. The highest BCUT2D eigenvalue weighted by molar-refractivity contribution is 7.92. The number of aromatic nitrogens is 1. The molecule has 1 saturated heterocycles. The van der Waals surface area contributed by atoms with Crippen molar-refractivity contribution in [2.45, 2.75) is 23.0 Å². The van der Waals surface area contributed by atoms with Gasteiger partial charge in [-0.3, -0.25) is 0 Å². The Bertz CT molecular complexity index is 933. The third-order valence-electron chi connectivity index (χ3n) is 4.31. The standard InChI is InChI=1S/C17H15Cl2N3O2S/c18-15-4-3-14(10-16(15)19)25(23,24)13-5-8-22(9-6-13)17-12(11-20)2-1-7-21-17/h1-4,7,10,13H,5-6,8-9H2. The fraction of sp³-hybridized carbons (Fsp3) is 0.294. The number of benzene rings is 1. The van der Waals surface area contributed by atoms with E-state index >= 15 is 0 Å². The van der Waals surface area contributed by atoms with Gasteiger partial charge in [-0.1, -0.05) is 23.2 Å². The SMILES string of the molecule is N#Cc1cccnc1N1CCC(S(=O)(=O)c2ccc(Cl)c(Cl)c2)CC1. The maximum atomic E-state index is 12.8. The Labute approximate surface area is 156 Å². The molecule has 1 aromatic carbocycles. The van der Waals surface area contributed by atoms with Crippen LogP contribution in [-0.4, -0.2) is 31.7 Å². The Hall–Kier alpha value is -1.81. The van der Waals surface area contributed by atoms with E-state index < -0.39 is 15.1 Å². The molecule has 25 heavy (non-hydrogen) atoms. The topological polar surface area (TPSA) is 74.1 Å². The molecule has 0 spiro atoms. The summed E-state index contributed by atoms with van der Waals surface area (Å²) in [6.07, 6.45) is 2.56. The van der Waals surface area contributed by atoms with Gasteiger partial charge >= 0.3 is 0 Å². The second kappa shape index (κ2) is 7.20. The Morgan fingerprint density at radius 1 is 1.16 bits per heavy atom. The van der Waals surface area contributed by atoms with Gasteiger partial charge in [0.15, 0.2) is 9.84 Å². The molecule has 130 valence electrons. The van der Waals surface area contributed by atoms with Crippen LogP contribution in [0.4, 0.5) is 5.82 Å². The molecule has 0 amide bonds.